The summed E-state index contributed by atoms with van der Waals surface area (Å²) < 4.78 is 26.5. The van der Waals surface area contributed by atoms with Crippen LogP contribution in [0.1, 0.15) is 11.8 Å². The Hall–Kier alpha value is -2.46. The highest BCUT2D eigenvalue weighted by molar-refractivity contribution is 7.98. The molecule has 8 nitrogen and oxygen atoms in total. The van der Waals surface area contributed by atoms with Gasteiger partial charge in [0.25, 0.3) is 0 Å². The van der Waals surface area contributed by atoms with Crippen molar-refractivity contribution in [2.45, 2.75) is 17.8 Å². The number of aryl methyl sites for hydroxylation is 1. The maximum atomic E-state index is 13.8. The summed E-state index contributed by atoms with van der Waals surface area (Å²) in [5, 5.41) is 17.1. The number of hydrogen-bond donors (Lipinski definition) is 0. The Morgan fingerprint density at radius 2 is 2.00 bits per heavy atom. The van der Waals surface area contributed by atoms with E-state index in [0.29, 0.717) is 60.6 Å². The summed E-state index contributed by atoms with van der Waals surface area (Å²) >= 11 is 1.41. The Bertz CT molecular complexity index is 893. The number of morpholine rings is 1. The molecule has 1 aromatic carbocycles. The molecule has 0 atom stereocenters. The van der Waals surface area contributed by atoms with Crippen LogP contribution in [0.5, 0.6) is 0 Å². The van der Waals surface area contributed by atoms with E-state index in [1.54, 1.807) is 13.0 Å². The second-order valence-electron chi connectivity index (χ2n) is 5.70. The van der Waals surface area contributed by atoms with E-state index in [1.165, 1.54) is 23.9 Å². The number of benzene rings is 1. The molecular weight excluding hydrogens is 359 g/mol. The highest BCUT2D eigenvalue weighted by Crippen LogP contribution is 2.29. The van der Waals surface area contributed by atoms with E-state index in [9.17, 15) is 4.39 Å². The van der Waals surface area contributed by atoms with E-state index in [0.717, 1.165) is 0 Å². The average molecular weight is 376 g/mol. The van der Waals surface area contributed by atoms with Crippen LogP contribution in [0.2, 0.25) is 0 Å². The first-order valence-corrected chi connectivity index (χ1v) is 9.15. The number of rotatable bonds is 5. The van der Waals surface area contributed by atoms with Gasteiger partial charge in [-0.05, 0) is 18.2 Å². The van der Waals surface area contributed by atoms with Gasteiger partial charge in [-0.25, -0.2) is 4.39 Å². The first-order chi connectivity index (χ1) is 12.7. The lowest BCUT2D eigenvalue weighted by Crippen LogP contribution is -2.37. The molecule has 0 N–H and O–H groups in total. The Kier molecular flexibility index (Phi) is 4.85. The van der Waals surface area contributed by atoms with E-state index in [4.69, 9.17) is 9.15 Å². The molecule has 0 bridgehead atoms. The van der Waals surface area contributed by atoms with Crippen LogP contribution in [0, 0.1) is 12.7 Å². The topological polar surface area (TPSA) is 82.1 Å². The van der Waals surface area contributed by atoms with Gasteiger partial charge in [-0.3, -0.25) is 4.57 Å². The van der Waals surface area contributed by atoms with Crippen molar-refractivity contribution in [2.75, 3.05) is 31.2 Å². The van der Waals surface area contributed by atoms with Gasteiger partial charge in [-0.1, -0.05) is 17.8 Å². The Balaban J connectivity index is 1.67. The van der Waals surface area contributed by atoms with Crippen LogP contribution in [-0.2, 0) is 10.5 Å². The third kappa shape index (κ3) is 3.56. The number of halogens is 1. The molecule has 26 heavy (non-hydrogen) atoms. The highest BCUT2D eigenvalue weighted by atomic mass is 32.2. The van der Waals surface area contributed by atoms with Crippen LogP contribution < -0.4 is 4.90 Å². The predicted octanol–water partition coefficient (Wildman–Crippen LogP) is 2.23. The number of aromatic nitrogens is 5. The third-order valence-electron chi connectivity index (χ3n) is 3.87. The molecule has 0 radical (unpaired) electrons. The predicted molar refractivity (Wildman–Crippen MR) is 92.9 cm³/mol. The molecule has 2 aromatic heterocycles. The monoisotopic (exact) mass is 376 g/mol. The molecule has 1 aliphatic heterocycles. The first-order valence-electron chi connectivity index (χ1n) is 8.16. The summed E-state index contributed by atoms with van der Waals surface area (Å²) in [6.45, 7) is 4.41. The van der Waals surface area contributed by atoms with Crippen molar-refractivity contribution < 1.29 is 13.5 Å². The summed E-state index contributed by atoms with van der Waals surface area (Å²) in [6.07, 6.45) is 0. The van der Waals surface area contributed by atoms with Crippen molar-refractivity contribution in [3.63, 3.8) is 0 Å². The first kappa shape index (κ1) is 17.0. The van der Waals surface area contributed by atoms with Gasteiger partial charge in [0.15, 0.2) is 5.16 Å². The van der Waals surface area contributed by atoms with Crippen molar-refractivity contribution in [3.8, 4) is 5.69 Å². The fraction of sp³-hybridized carbons (Fsp3) is 0.375. The van der Waals surface area contributed by atoms with E-state index in [1.807, 2.05) is 10.6 Å². The van der Waals surface area contributed by atoms with Crippen molar-refractivity contribution in [2.24, 2.45) is 0 Å². The van der Waals surface area contributed by atoms with Gasteiger partial charge < -0.3 is 14.1 Å². The number of hydrogen-bond acceptors (Lipinski definition) is 8. The third-order valence-corrected chi connectivity index (χ3v) is 4.78. The minimum atomic E-state index is -0.312. The zero-order valence-corrected chi connectivity index (χ0v) is 14.9. The van der Waals surface area contributed by atoms with Crippen molar-refractivity contribution in [1.82, 2.24) is 25.0 Å². The molecular formula is C16H17FN6O2S. The molecule has 1 aliphatic rings. The molecule has 10 heteroatoms. The summed E-state index contributed by atoms with van der Waals surface area (Å²) in [7, 11) is 0. The molecule has 4 rings (SSSR count). The fourth-order valence-corrected chi connectivity index (χ4v) is 3.47. The molecule has 0 amide bonds. The smallest absolute Gasteiger partial charge is 0.232 e. The maximum Gasteiger partial charge on any atom is 0.232 e. The van der Waals surface area contributed by atoms with Crippen molar-refractivity contribution >= 4 is 17.7 Å². The summed E-state index contributed by atoms with van der Waals surface area (Å²) in [5.74, 6) is 1.84. The van der Waals surface area contributed by atoms with E-state index >= 15 is 0 Å². The van der Waals surface area contributed by atoms with Crippen LogP contribution in [0.3, 0.4) is 0 Å². The maximum absolute atomic E-state index is 13.8. The van der Waals surface area contributed by atoms with Gasteiger partial charge in [-0.15, -0.1) is 20.4 Å². The van der Waals surface area contributed by atoms with Crippen molar-refractivity contribution in [1.29, 1.82) is 0 Å². The van der Waals surface area contributed by atoms with Gasteiger partial charge in [0.2, 0.25) is 17.7 Å². The molecule has 1 saturated heterocycles. The van der Waals surface area contributed by atoms with Gasteiger partial charge in [-0.2, -0.15) is 0 Å². The number of ether oxygens (including phenoxy) is 1. The summed E-state index contributed by atoms with van der Waals surface area (Å²) in [6, 6.07) is 6.38. The average Bonchev–Trinajstić information content (AvgIpc) is 3.26. The lowest BCUT2D eigenvalue weighted by molar-refractivity contribution is 0.122. The lowest BCUT2D eigenvalue weighted by Gasteiger charge is -2.27. The standard InChI is InChI=1S/C16H17FN6O2S/c1-11-18-19-14(25-11)10-26-16-21-20-15(22-5-7-24-8-6-22)23(16)13-4-2-3-12(17)9-13/h2-4,9H,5-8,10H2,1H3. The molecule has 0 spiro atoms. The SMILES string of the molecule is Cc1nnc(CSc2nnc(N3CCOCC3)n2-c2cccc(F)c2)o1. The molecule has 136 valence electrons. The molecule has 3 heterocycles. The normalized spacial score (nSPS) is 14.8. The van der Waals surface area contributed by atoms with Crippen molar-refractivity contribution in [3.05, 3.63) is 41.9 Å². The largest absolute Gasteiger partial charge is 0.425 e. The number of nitrogens with zero attached hydrogens (tertiary/aromatic N) is 6. The second kappa shape index (κ2) is 7.42. The van der Waals surface area contributed by atoms with Gasteiger partial charge >= 0.3 is 0 Å². The Morgan fingerprint density at radius 3 is 2.73 bits per heavy atom. The van der Waals surface area contributed by atoms with Gasteiger partial charge in [0, 0.05) is 20.0 Å². The summed E-state index contributed by atoms with van der Waals surface area (Å²) in [5.41, 5.74) is 0.667. The quantitative estimate of drug-likeness (QED) is 0.627. The zero-order chi connectivity index (χ0) is 17.9. The van der Waals surface area contributed by atoms with E-state index in [2.05, 4.69) is 25.3 Å². The highest BCUT2D eigenvalue weighted by Gasteiger charge is 2.22. The minimum absolute atomic E-state index is 0.312. The Morgan fingerprint density at radius 1 is 1.15 bits per heavy atom. The zero-order valence-electron chi connectivity index (χ0n) is 14.1. The molecule has 0 unspecified atom stereocenters. The minimum Gasteiger partial charge on any atom is -0.425 e. The number of thioether (sulfide) groups is 1. The van der Waals surface area contributed by atoms with Crippen LogP contribution in [0.15, 0.2) is 33.8 Å². The van der Waals surface area contributed by atoms with E-state index < -0.39 is 0 Å². The van der Waals surface area contributed by atoms with Crippen LogP contribution in [-0.4, -0.2) is 51.3 Å². The molecule has 0 aliphatic carbocycles. The Labute approximate surface area is 153 Å². The summed E-state index contributed by atoms with van der Waals surface area (Å²) in [4.78, 5) is 2.09. The number of anilines is 1. The fourth-order valence-electron chi connectivity index (χ4n) is 2.69. The molecule has 0 saturated carbocycles. The van der Waals surface area contributed by atoms with Gasteiger partial charge in [0.1, 0.15) is 5.82 Å². The van der Waals surface area contributed by atoms with Crippen LogP contribution in [0.4, 0.5) is 10.3 Å². The van der Waals surface area contributed by atoms with Crippen LogP contribution >= 0.6 is 11.8 Å². The van der Waals surface area contributed by atoms with Crippen LogP contribution in [0.25, 0.3) is 5.69 Å². The second-order valence-corrected chi connectivity index (χ2v) is 6.64. The molecule has 1 fully saturated rings. The lowest BCUT2D eigenvalue weighted by atomic mass is 10.3. The van der Waals surface area contributed by atoms with E-state index in [-0.39, 0.29) is 5.82 Å². The van der Waals surface area contributed by atoms with Gasteiger partial charge in [0.05, 0.1) is 24.7 Å². The molecule has 3 aromatic rings.